The molecule has 0 bridgehead atoms. The van der Waals surface area contributed by atoms with Crippen molar-refractivity contribution >= 4 is 31.8 Å². The number of hydrogen-bond donors (Lipinski definition) is 0. The quantitative estimate of drug-likeness (QED) is 0.548. The molecule has 2 fully saturated rings. The molecule has 0 unspecified atom stereocenters. The molecule has 0 N–H and O–H groups in total. The number of hydrogen-bond acceptors (Lipinski definition) is 3. The summed E-state index contributed by atoms with van der Waals surface area (Å²) in [7, 11) is -3.28. The third-order valence-electron chi connectivity index (χ3n) is 5.05. The van der Waals surface area contributed by atoms with Gasteiger partial charge in [-0.1, -0.05) is 76.6 Å². The molecule has 2 aliphatic heterocycles. The molecule has 0 radical (unpaired) electrons. The van der Waals surface area contributed by atoms with Gasteiger partial charge >= 0.3 is 6.03 Å². The molecule has 3 atom stereocenters. The topological polar surface area (TPSA) is 57.7 Å². The number of alkyl halides is 1. The van der Waals surface area contributed by atoms with Crippen LogP contribution >= 0.6 is 15.9 Å². The lowest BCUT2D eigenvalue weighted by atomic mass is 10.1. The Hall–Kier alpha value is -1.86. The lowest BCUT2D eigenvalue weighted by Gasteiger charge is -2.24. The van der Waals surface area contributed by atoms with Gasteiger partial charge in [-0.25, -0.2) is 13.2 Å². The zero-order valence-corrected chi connectivity index (χ0v) is 16.4. The van der Waals surface area contributed by atoms with Crippen molar-refractivity contribution in [2.75, 3.05) is 5.75 Å². The van der Waals surface area contributed by atoms with Gasteiger partial charge in [0.2, 0.25) is 0 Å². The molecule has 0 aliphatic carbocycles. The fraction of sp³-hybridized carbons (Fsp3) is 0.316. The second-order valence-electron chi connectivity index (χ2n) is 6.75. The highest BCUT2D eigenvalue weighted by atomic mass is 79.9. The highest BCUT2D eigenvalue weighted by Crippen LogP contribution is 2.40. The van der Waals surface area contributed by atoms with Crippen molar-refractivity contribution in [3.05, 3.63) is 71.8 Å². The van der Waals surface area contributed by atoms with Crippen molar-refractivity contribution in [3.8, 4) is 0 Å². The Kier molecular flexibility index (Phi) is 4.52. The van der Waals surface area contributed by atoms with Crippen LogP contribution in [0.15, 0.2) is 60.7 Å². The number of halogens is 1. The largest absolute Gasteiger partial charge is 0.321 e. The number of sulfone groups is 1. The smallest absolute Gasteiger partial charge is 0.314 e. The molecular weight excluding hydrogens is 416 g/mol. The Morgan fingerprint density at radius 1 is 0.885 bits per heavy atom. The maximum atomic E-state index is 13.1. The van der Waals surface area contributed by atoms with Gasteiger partial charge in [0.05, 0.1) is 17.8 Å². The van der Waals surface area contributed by atoms with Crippen molar-refractivity contribution in [2.45, 2.75) is 29.3 Å². The number of nitrogens with zero attached hydrogens (tertiary/aromatic N) is 2. The van der Waals surface area contributed by atoms with E-state index in [0.29, 0.717) is 13.1 Å². The van der Waals surface area contributed by atoms with Crippen LogP contribution in [0.4, 0.5) is 4.79 Å². The zero-order valence-electron chi connectivity index (χ0n) is 14.0. The van der Waals surface area contributed by atoms with Gasteiger partial charge in [-0.2, -0.15) is 0 Å². The van der Waals surface area contributed by atoms with Crippen LogP contribution in [0.3, 0.4) is 0 Å². The summed E-state index contributed by atoms with van der Waals surface area (Å²) in [6, 6.07) is 18.5. The van der Waals surface area contributed by atoms with Crippen LogP contribution in [-0.2, 0) is 22.9 Å². The number of carbonyl (C=O) groups excluding carboxylic acids is 1. The summed E-state index contributed by atoms with van der Waals surface area (Å²) >= 11 is 3.35. The first-order valence-electron chi connectivity index (χ1n) is 8.48. The summed E-state index contributed by atoms with van der Waals surface area (Å²) in [5, 5.41) is 0. The van der Waals surface area contributed by atoms with Crippen LogP contribution in [0, 0.1) is 0 Å². The molecule has 2 amide bonds. The van der Waals surface area contributed by atoms with Crippen molar-refractivity contribution < 1.29 is 13.2 Å². The lowest BCUT2D eigenvalue weighted by Crippen LogP contribution is -2.39. The molecule has 0 saturated carbocycles. The molecule has 136 valence electrons. The highest BCUT2D eigenvalue weighted by Gasteiger charge is 2.58. The van der Waals surface area contributed by atoms with E-state index in [-0.39, 0.29) is 23.9 Å². The fourth-order valence-electron chi connectivity index (χ4n) is 3.79. The molecule has 0 aromatic heterocycles. The predicted molar refractivity (Wildman–Crippen MR) is 103 cm³/mol. The van der Waals surface area contributed by atoms with Gasteiger partial charge in [-0.05, 0) is 11.1 Å². The average molecular weight is 435 g/mol. The van der Waals surface area contributed by atoms with Crippen LogP contribution in [0.25, 0.3) is 0 Å². The van der Waals surface area contributed by atoms with Crippen molar-refractivity contribution in [1.29, 1.82) is 0 Å². The third kappa shape index (κ3) is 3.03. The first-order valence-corrected chi connectivity index (χ1v) is 11.1. The molecular formula is C19H19BrN2O3S. The van der Waals surface area contributed by atoms with E-state index in [2.05, 4.69) is 15.9 Å². The van der Waals surface area contributed by atoms with E-state index in [1.54, 1.807) is 9.80 Å². The van der Waals surface area contributed by atoms with Crippen LogP contribution in [0.5, 0.6) is 0 Å². The maximum absolute atomic E-state index is 13.1. The van der Waals surface area contributed by atoms with E-state index in [1.165, 1.54) is 0 Å². The van der Waals surface area contributed by atoms with Crippen molar-refractivity contribution in [1.82, 2.24) is 9.80 Å². The Morgan fingerprint density at radius 3 is 1.92 bits per heavy atom. The highest BCUT2D eigenvalue weighted by molar-refractivity contribution is 9.11. The Balaban J connectivity index is 1.67. The number of fused-ring (bicyclic) bond motifs is 1. The first kappa shape index (κ1) is 17.5. The molecule has 26 heavy (non-hydrogen) atoms. The molecule has 2 aromatic carbocycles. The molecule has 2 saturated heterocycles. The van der Waals surface area contributed by atoms with Gasteiger partial charge in [-0.3, -0.25) is 0 Å². The van der Waals surface area contributed by atoms with E-state index in [4.69, 9.17) is 0 Å². The minimum atomic E-state index is -3.28. The summed E-state index contributed by atoms with van der Waals surface area (Å²) < 4.78 is 24.2. The monoisotopic (exact) mass is 434 g/mol. The Morgan fingerprint density at radius 2 is 1.38 bits per heavy atom. The average Bonchev–Trinajstić information content (AvgIpc) is 3.02. The number of urea groups is 1. The Bertz CT molecular complexity index is 905. The molecule has 7 heteroatoms. The predicted octanol–water partition coefficient (Wildman–Crippen LogP) is 3.01. The number of amides is 2. The van der Waals surface area contributed by atoms with E-state index < -0.39 is 14.0 Å². The summed E-state index contributed by atoms with van der Waals surface area (Å²) in [4.78, 5) is 16.5. The van der Waals surface area contributed by atoms with Crippen LogP contribution in [0.1, 0.15) is 11.1 Å². The number of carbonyl (C=O) groups is 1. The minimum absolute atomic E-state index is 0.00253. The van der Waals surface area contributed by atoms with E-state index in [0.717, 1.165) is 11.1 Å². The fourth-order valence-corrected chi connectivity index (χ4v) is 6.68. The molecule has 2 aliphatic rings. The summed E-state index contributed by atoms with van der Waals surface area (Å²) in [5.74, 6) is -0.00253. The SMILES string of the molecule is O=C1N(Cc2ccccc2)[C@H]2[C@@H](Br)S(=O)(=O)C[C@@H]2N1Cc1ccccc1. The van der Waals surface area contributed by atoms with Crippen LogP contribution in [0.2, 0.25) is 0 Å². The first-order chi connectivity index (χ1) is 12.5. The van der Waals surface area contributed by atoms with E-state index in [1.807, 2.05) is 60.7 Å². The molecule has 2 aromatic rings. The van der Waals surface area contributed by atoms with Crippen molar-refractivity contribution in [2.24, 2.45) is 0 Å². The van der Waals surface area contributed by atoms with Gasteiger partial charge in [0, 0.05) is 13.1 Å². The summed E-state index contributed by atoms with van der Waals surface area (Å²) in [5.41, 5.74) is 1.99. The van der Waals surface area contributed by atoms with Gasteiger partial charge in [0.15, 0.2) is 9.84 Å². The second kappa shape index (κ2) is 6.70. The van der Waals surface area contributed by atoms with E-state index in [9.17, 15) is 13.2 Å². The third-order valence-corrected chi connectivity index (χ3v) is 9.07. The minimum Gasteiger partial charge on any atom is -0.314 e. The summed E-state index contributed by atoms with van der Waals surface area (Å²) in [6.07, 6.45) is 0. The second-order valence-corrected chi connectivity index (χ2v) is 10.5. The lowest BCUT2D eigenvalue weighted by molar-refractivity contribution is 0.181. The van der Waals surface area contributed by atoms with Crippen LogP contribution in [-0.4, -0.2) is 46.2 Å². The van der Waals surface area contributed by atoms with Gasteiger partial charge in [0.25, 0.3) is 0 Å². The van der Waals surface area contributed by atoms with Gasteiger partial charge in [-0.15, -0.1) is 0 Å². The zero-order chi connectivity index (χ0) is 18.3. The Labute approximate surface area is 161 Å². The summed E-state index contributed by atoms with van der Waals surface area (Å²) in [6.45, 7) is 0.825. The number of benzene rings is 2. The maximum Gasteiger partial charge on any atom is 0.321 e. The molecule has 5 nitrogen and oxygen atoms in total. The molecule has 2 heterocycles. The standard InChI is InChI=1S/C19H19BrN2O3S/c20-18-17-16(13-26(18,24)25)21(11-14-7-3-1-4-8-14)19(23)22(17)12-15-9-5-2-6-10-15/h1-10,16-18H,11-13H2/t16-,17+,18-/m0/s1. The molecule has 0 spiro atoms. The van der Waals surface area contributed by atoms with Crippen molar-refractivity contribution in [3.63, 3.8) is 0 Å². The van der Waals surface area contributed by atoms with Crippen LogP contribution < -0.4 is 0 Å². The van der Waals surface area contributed by atoms with E-state index >= 15 is 0 Å². The normalized spacial score (nSPS) is 27.0. The number of rotatable bonds is 4. The van der Waals surface area contributed by atoms with Gasteiger partial charge in [0.1, 0.15) is 4.16 Å². The molecule has 4 rings (SSSR count). The van der Waals surface area contributed by atoms with Gasteiger partial charge < -0.3 is 9.80 Å².